The molecule has 0 aromatic heterocycles. The molecule has 2 amide bonds. The number of hydrogen-bond acceptors (Lipinski definition) is 1. The molecule has 1 unspecified atom stereocenters. The van der Waals surface area contributed by atoms with E-state index in [9.17, 15) is 4.79 Å². The third-order valence-corrected chi connectivity index (χ3v) is 5.44. The predicted molar refractivity (Wildman–Crippen MR) is 116 cm³/mol. The van der Waals surface area contributed by atoms with E-state index in [0.29, 0.717) is 11.3 Å². The molecule has 28 heavy (non-hydrogen) atoms. The fourth-order valence-electron chi connectivity index (χ4n) is 3.52. The van der Waals surface area contributed by atoms with E-state index in [1.807, 2.05) is 48.5 Å². The lowest BCUT2D eigenvalue weighted by Crippen LogP contribution is -2.39. The van der Waals surface area contributed by atoms with Gasteiger partial charge in [-0.25, -0.2) is 4.79 Å². The maximum absolute atomic E-state index is 12.6. The third-order valence-electron chi connectivity index (χ3n) is 4.79. The molecule has 3 aromatic rings. The normalized spacial score (nSPS) is 13.4. The maximum atomic E-state index is 12.6. The minimum absolute atomic E-state index is 0.435. The van der Waals surface area contributed by atoms with E-state index in [4.69, 9.17) is 34.8 Å². The number of fused-ring (bicyclic) bond motifs is 3. The number of alkyl halides is 3. The van der Waals surface area contributed by atoms with Crippen LogP contribution in [-0.2, 0) is 6.42 Å². The highest BCUT2D eigenvalue weighted by atomic mass is 35.6. The molecule has 0 heterocycles. The van der Waals surface area contributed by atoms with Crippen LogP contribution in [0.5, 0.6) is 0 Å². The first-order valence-electron chi connectivity index (χ1n) is 8.82. The lowest BCUT2D eigenvalue weighted by atomic mass is 10.1. The number of hydrogen-bond donors (Lipinski definition) is 2. The van der Waals surface area contributed by atoms with E-state index < -0.39 is 15.9 Å². The van der Waals surface area contributed by atoms with Gasteiger partial charge in [-0.05, 0) is 46.4 Å². The average molecular weight is 432 g/mol. The number of halogens is 3. The third kappa shape index (κ3) is 3.97. The molecule has 0 spiro atoms. The molecule has 0 saturated heterocycles. The van der Waals surface area contributed by atoms with Crippen molar-refractivity contribution in [3.8, 4) is 11.1 Å². The number of rotatable bonds is 3. The van der Waals surface area contributed by atoms with Gasteiger partial charge in [0.2, 0.25) is 3.79 Å². The van der Waals surface area contributed by atoms with Crippen molar-refractivity contribution in [2.75, 3.05) is 5.32 Å². The zero-order valence-electron chi connectivity index (χ0n) is 14.8. The summed E-state index contributed by atoms with van der Waals surface area (Å²) in [6.07, 6.45) is 0.851. The molecule has 4 rings (SSSR count). The standard InChI is InChI=1S/C22H17Cl3N2O/c23-22(24,25)20(14-6-2-1-3-7-14)27-21(28)26-17-10-11-19-16(13-17)12-15-8-4-5-9-18(15)19/h1-11,13,20H,12H2,(H2,26,27,28). The van der Waals surface area contributed by atoms with Gasteiger partial charge in [-0.3, -0.25) is 0 Å². The second-order valence-electron chi connectivity index (χ2n) is 6.69. The molecule has 6 heteroatoms. The molecule has 0 bridgehead atoms. The first-order valence-corrected chi connectivity index (χ1v) is 9.95. The summed E-state index contributed by atoms with van der Waals surface area (Å²) in [4.78, 5) is 12.6. The maximum Gasteiger partial charge on any atom is 0.319 e. The molecule has 0 radical (unpaired) electrons. The Kier molecular flexibility index (Phi) is 5.24. The van der Waals surface area contributed by atoms with Crippen LogP contribution in [0.2, 0.25) is 0 Å². The summed E-state index contributed by atoms with van der Waals surface area (Å²) in [5.74, 6) is 0. The predicted octanol–water partition coefficient (Wildman–Crippen LogP) is 6.49. The summed E-state index contributed by atoms with van der Waals surface area (Å²) in [6.45, 7) is 0. The first kappa shape index (κ1) is 19.1. The van der Waals surface area contributed by atoms with E-state index in [1.54, 1.807) is 12.1 Å². The Labute approximate surface area is 178 Å². The highest BCUT2D eigenvalue weighted by molar-refractivity contribution is 6.68. The van der Waals surface area contributed by atoms with Crippen LogP contribution in [-0.4, -0.2) is 9.82 Å². The summed E-state index contributed by atoms with van der Waals surface area (Å²) in [6, 6.07) is 22.1. The van der Waals surface area contributed by atoms with Gasteiger partial charge in [0.1, 0.15) is 6.04 Å². The van der Waals surface area contributed by atoms with E-state index in [-0.39, 0.29) is 0 Å². The minimum Gasteiger partial charge on any atom is -0.327 e. The number of nitrogens with one attached hydrogen (secondary N) is 2. The van der Waals surface area contributed by atoms with Gasteiger partial charge in [0.25, 0.3) is 0 Å². The second kappa shape index (κ2) is 7.67. The van der Waals surface area contributed by atoms with Gasteiger partial charge >= 0.3 is 6.03 Å². The van der Waals surface area contributed by atoms with Crippen molar-refractivity contribution in [2.45, 2.75) is 16.3 Å². The molecule has 3 aromatic carbocycles. The van der Waals surface area contributed by atoms with Crippen molar-refractivity contribution < 1.29 is 4.79 Å². The molecular weight excluding hydrogens is 415 g/mol. The van der Waals surface area contributed by atoms with Gasteiger partial charge < -0.3 is 10.6 Å². The summed E-state index contributed by atoms with van der Waals surface area (Å²) in [5, 5.41) is 5.61. The van der Waals surface area contributed by atoms with Gasteiger partial charge in [0.15, 0.2) is 0 Å². The zero-order valence-corrected chi connectivity index (χ0v) is 17.0. The number of amides is 2. The number of urea groups is 1. The molecule has 3 nitrogen and oxygen atoms in total. The summed E-state index contributed by atoms with van der Waals surface area (Å²) in [5.41, 5.74) is 6.32. The Morgan fingerprint density at radius 1 is 0.857 bits per heavy atom. The van der Waals surface area contributed by atoms with Crippen molar-refractivity contribution >= 4 is 46.5 Å². The molecule has 0 saturated carbocycles. The molecule has 1 aliphatic rings. The topological polar surface area (TPSA) is 41.1 Å². The summed E-state index contributed by atoms with van der Waals surface area (Å²) < 4.78 is -1.68. The van der Waals surface area contributed by atoms with E-state index >= 15 is 0 Å². The van der Waals surface area contributed by atoms with Crippen LogP contribution in [0.25, 0.3) is 11.1 Å². The molecule has 0 fully saturated rings. The molecule has 2 N–H and O–H groups in total. The average Bonchev–Trinajstić information content (AvgIpc) is 3.03. The van der Waals surface area contributed by atoms with Crippen LogP contribution in [0.3, 0.4) is 0 Å². The molecule has 142 valence electrons. The Morgan fingerprint density at radius 2 is 1.54 bits per heavy atom. The minimum atomic E-state index is -1.68. The monoisotopic (exact) mass is 430 g/mol. The number of benzene rings is 3. The van der Waals surface area contributed by atoms with E-state index in [0.717, 1.165) is 6.42 Å². The number of anilines is 1. The zero-order chi connectivity index (χ0) is 19.7. The van der Waals surface area contributed by atoms with Gasteiger partial charge in [0.05, 0.1) is 0 Å². The quantitative estimate of drug-likeness (QED) is 0.358. The molecule has 0 aliphatic heterocycles. The molecule has 1 atom stereocenters. The SMILES string of the molecule is O=C(Nc1ccc2c(c1)Cc1ccccc1-2)NC(c1ccccc1)C(Cl)(Cl)Cl. The highest BCUT2D eigenvalue weighted by Gasteiger charge is 2.35. The lowest BCUT2D eigenvalue weighted by molar-refractivity contribution is 0.248. The Hall–Kier alpha value is -2.20. The van der Waals surface area contributed by atoms with Crippen LogP contribution < -0.4 is 10.6 Å². The van der Waals surface area contributed by atoms with Crippen LogP contribution in [0, 0.1) is 0 Å². The van der Waals surface area contributed by atoms with Crippen molar-refractivity contribution in [1.82, 2.24) is 5.32 Å². The van der Waals surface area contributed by atoms with Crippen molar-refractivity contribution in [3.63, 3.8) is 0 Å². The summed E-state index contributed by atoms with van der Waals surface area (Å²) in [7, 11) is 0. The smallest absolute Gasteiger partial charge is 0.319 e. The Balaban J connectivity index is 1.50. The van der Waals surface area contributed by atoms with Crippen LogP contribution in [0.4, 0.5) is 10.5 Å². The molecular formula is C22H17Cl3N2O. The number of carbonyl (C=O) groups excluding carboxylic acids is 1. The van der Waals surface area contributed by atoms with Crippen molar-refractivity contribution in [3.05, 3.63) is 89.5 Å². The van der Waals surface area contributed by atoms with Gasteiger partial charge in [-0.1, -0.05) is 95.5 Å². The first-order chi connectivity index (χ1) is 13.4. The molecule has 1 aliphatic carbocycles. The largest absolute Gasteiger partial charge is 0.327 e. The van der Waals surface area contributed by atoms with Crippen molar-refractivity contribution in [1.29, 1.82) is 0 Å². The Morgan fingerprint density at radius 3 is 2.29 bits per heavy atom. The van der Waals surface area contributed by atoms with Crippen LogP contribution >= 0.6 is 34.8 Å². The van der Waals surface area contributed by atoms with E-state index in [1.165, 1.54) is 22.3 Å². The van der Waals surface area contributed by atoms with Gasteiger partial charge in [0, 0.05) is 5.69 Å². The Bertz CT molecular complexity index is 1020. The van der Waals surface area contributed by atoms with Crippen molar-refractivity contribution in [2.24, 2.45) is 0 Å². The second-order valence-corrected chi connectivity index (χ2v) is 9.06. The fourth-order valence-corrected chi connectivity index (χ4v) is 4.06. The van der Waals surface area contributed by atoms with Crippen LogP contribution in [0.15, 0.2) is 72.8 Å². The highest BCUT2D eigenvalue weighted by Crippen LogP contribution is 2.40. The number of carbonyl (C=O) groups is 1. The fraction of sp³-hybridized carbons (Fsp3) is 0.136. The lowest BCUT2D eigenvalue weighted by Gasteiger charge is -2.26. The summed E-state index contributed by atoms with van der Waals surface area (Å²) >= 11 is 18.3. The van der Waals surface area contributed by atoms with Gasteiger partial charge in [-0.2, -0.15) is 0 Å². The van der Waals surface area contributed by atoms with Gasteiger partial charge in [-0.15, -0.1) is 0 Å². The van der Waals surface area contributed by atoms with Crippen LogP contribution in [0.1, 0.15) is 22.7 Å². The van der Waals surface area contributed by atoms with E-state index in [2.05, 4.69) is 22.8 Å².